The molecule has 0 radical (unpaired) electrons. The largest absolute Gasteiger partial charge is 0.504 e. The van der Waals surface area contributed by atoms with Crippen LogP contribution in [0.15, 0.2) is 30.5 Å². The Bertz CT molecular complexity index is 551. The summed E-state index contributed by atoms with van der Waals surface area (Å²) in [5, 5.41) is 21.9. The number of carboxylic acids is 1. The number of para-hydroxylation sites is 1. The van der Waals surface area contributed by atoms with Gasteiger partial charge in [0, 0.05) is 3.57 Å². The maximum Gasteiger partial charge on any atom is 0.360 e. The Labute approximate surface area is 104 Å². The van der Waals surface area contributed by atoms with Crippen LogP contribution in [-0.4, -0.2) is 26.0 Å². The molecule has 82 valence electrons. The summed E-state index contributed by atoms with van der Waals surface area (Å²) in [7, 11) is 0. The molecule has 1 heterocycles. The van der Waals surface area contributed by atoms with Gasteiger partial charge in [-0.05, 0) is 34.7 Å². The number of nitrogens with zero attached hydrogens (tertiary/aromatic N) is 2. The van der Waals surface area contributed by atoms with Gasteiger partial charge in [0.1, 0.15) is 0 Å². The first-order chi connectivity index (χ1) is 7.59. The first-order valence-corrected chi connectivity index (χ1v) is 5.44. The van der Waals surface area contributed by atoms with Gasteiger partial charge in [-0.3, -0.25) is 0 Å². The van der Waals surface area contributed by atoms with Crippen LogP contribution in [0.25, 0.3) is 5.69 Å². The second kappa shape index (κ2) is 4.12. The van der Waals surface area contributed by atoms with Gasteiger partial charge in [-0.25, -0.2) is 9.48 Å². The Kier molecular flexibility index (Phi) is 2.82. The molecule has 0 saturated heterocycles. The number of carbonyl (C=O) groups is 1. The Morgan fingerprint density at radius 3 is 2.62 bits per heavy atom. The van der Waals surface area contributed by atoms with Gasteiger partial charge < -0.3 is 10.2 Å². The van der Waals surface area contributed by atoms with Crippen LogP contribution in [0.5, 0.6) is 5.75 Å². The Morgan fingerprint density at radius 1 is 1.38 bits per heavy atom. The fourth-order valence-corrected chi connectivity index (χ4v) is 1.91. The van der Waals surface area contributed by atoms with E-state index in [4.69, 9.17) is 5.11 Å². The monoisotopic (exact) mass is 330 g/mol. The van der Waals surface area contributed by atoms with Crippen molar-refractivity contribution in [3.63, 3.8) is 0 Å². The van der Waals surface area contributed by atoms with Gasteiger partial charge in [0.25, 0.3) is 0 Å². The molecule has 6 heteroatoms. The molecule has 0 unspecified atom stereocenters. The molecule has 2 aromatic rings. The van der Waals surface area contributed by atoms with E-state index < -0.39 is 5.97 Å². The second-order valence-corrected chi connectivity index (χ2v) is 4.23. The summed E-state index contributed by atoms with van der Waals surface area (Å²) in [5.74, 6) is -1.59. The Balaban J connectivity index is 2.54. The lowest BCUT2D eigenvalue weighted by Gasteiger charge is -2.02. The maximum atomic E-state index is 10.7. The van der Waals surface area contributed by atoms with Gasteiger partial charge in [0.05, 0.1) is 11.9 Å². The molecular weight excluding hydrogens is 323 g/mol. The highest BCUT2D eigenvalue weighted by molar-refractivity contribution is 14.1. The van der Waals surface area contributed by atoms with Gasteiger partial charge in [0.15, 0.2) is 5.75 Å². The topological polar surface area (TPSA) is 75.3 Å². The van der Waals surface area contributed by atoms with Gasteiger partial charge in [0.2, 0.25) is 5.69 Å². The van der Waals surface area contributed by atoms with Gasteiger partial charge in [-0.1, -0.05) is 12.1 Å². The lowest BCUT2D eigenvalue weighted by molar-refractivity contribution is 0.0687. The minimum absolute atomic E-state index is 0.341. The molecular formula is C10H7IN2O3. The van der Waals surface area contributed by atoms with Crippen molar-refractivity contribution < 1.29 is 15.0 Å². The molecule has 0 spiro atoms. The van der Waals surface area contributed by atoms with Crippen molar-refractivity contribution in [1.82, 2.24) is 9.78 Å². The second-order valence-electron chi connectivity index (χ2n) is 3.06. The highest BCUT2D eigenvalue weighted by atomic mass is 127. The van der Waals surface area contributed by atoms with E-state index in [9.17, 15) is 9.90 Å². The predicted octanol–water partition coefficient (Wildman–Crippen LogP) is 1.88. The van der Waals surface area contributed by atoms with Crippen LogP contribution in [0.2, 0.25) is 0 Å². The number of rotatable bonds is 2. The van der Waals surface area contributed by atoms with Gasteiger partial charge >= 0.3 is 5.97 Å². The minimum Gasteiger partial charge on any atom is -0.504 e. The van der Waals surface area contributed by atoms with Crippen LogP contribution < -0.4 is 0 Å². The van der Waals surface area contributed by atoms with Gasteiger partial charge in [-0.2, -0.15) is 5.10 Å². The summed E-state index contributed by atoms with van der Waals surface area (Å²) in [6.45, 7) is 0. The molecule has 0 aliphatic carbocycles. The standard InChI is InChI=1S/C10H7IN2O3/c11-6-3-1-2-4-7(6)13-5-8(14)9(12-13)10(15)16/h1-5,14H,(H,15,16). The quantitative estimate of drug-likeness (QED) is 0.825. The average molecular weight is 330 g/mol. The number of hydrogen-bond acceptors (Lipinski definition) is 3. The molecule has 0 atom stereocenters. The third-order valence-electron chi connectivity index (χ3n) is 2.00. The molecule has 2 rings (SSSR count). The third-order valence-corrected chi connectivity index (χ3v) is 2.91. The van der Waals surface area contributed by atoms with Crippen LogP contribution in [0.1, 0.15) is 10.5 Å². The van der Waals surface area contributed by atoms with E-state index in [1.807, 2.05) is 18.2 Å². The SMILES string of the molecule is O=C(O)c1nn(-c2ccccc2I)cc1O. The average Bonchev–Trinajstić information content (AvgIpc) is 2.61. The minimum atomic E-state index is -1.25. The molecule has 2 N–H and O–H groups in total. The summed E-state index contributed by atoms with van der Waals surface area (Å²) in [5.41, 5.74) is 0.380. The zero-order valence-electron chi connectivity index (χ0n) is 7.96. The number of halogens is 1. The number of aromatic hydroxyl groups is 1. The van der Waals surface area contributed by atoms with E-state index in [1.54, 1.807) is 6.07 Å². The van der Waals surface area contributed by atoms with Crippen molar-refractivity contribution >= 4 is 28.6 Å². The summed E-state index contributed by atoms with van der Waals surface area (Å²) >= 11 is 2.11. The Morgan fingerprint density at radius 2 is 2.06 bits per heavy atom. The molecule has 16 heavy (non-hydrogen) atoms. The summed E-state index contributed by atoms with van der Waals surface area (Å²) in [6, 6.07) is 7.35. The number of aromatic carboxylic acids is 1. The van der Waals surface area contributed by atoms with Crippen molar-refractivity contribution in [3.05, 3.63) is 39.7 Å². The van der Waals surface area contributed by atoms with Crippen LogP contribution in [0.3, 0.4) is 0 Å². The molecule has 1 aromatic carbocycles. The van der Waals surface area contributed by atoms with Crippen molar-refractivity contribution in [2.24, 2.45) is 0 Å². The zero-order valence-corrected chi connectivity index (χ0v) is 10.1. The highest BCUT2D eigenvalue weighted by Gasteiger charge is 2.16. The van der Waals surface area contributed by atoms with Crippen molar-refractivity contribution in [3.8, 4) is 11.4 Å². The first-order valence-electron chi connectivity index (χ1n) is 4.36. The highest BCUT2D eigenvalue weighted by Crippen LogP contribution is 2.21. The molecule has 1 aromatic heterocycles. The molecule has 0 bridgehead atoms. The maximum absolute atomic E-state index is 10.7. The molecule has 0 aliphatic heterocycles. The smallest absolute Gasteiger partial charge is 0.360 e. The van der Waals surface area contributed by atoms with E-state index in [-0.39, 0.29) is 11.4 Å². The third kappa shape index (κ3) is 1.87. The molecule has 5 nitrogen and oxygen atoms in total. The lowest BCUT2D eigenvalue weighted by atomic mass is 10.3. The molecule has 0 fully saturated rings. The normalized spacial score (nSPS) is 10.3. The van der Waals surface area contributed by atoms with Crippen LogP contribution in [0.4, 0.5) is 0 Å². The van der Waals surface area contributed by atoms with Crippen LogP contribution in [0, 0.1) is 3.57 Å². The zero-order chi connectivity index (χ0) is 11.7. The summed E-state index contributed by atoms with van der Waals surface area (Å²) in [6.07, 6.45) is 1.28. The van der Waals surface area contributed by atoms with Crippen LogP contribution >= 0.6 is 22.6 Å². The van der Waals surface area contributed by atoms with E-state index >= 15 is 0 Å². The van der Waals surface area contributed by atoms with E-state index in [0.29, 0.717) is 0 Å². The lowest BCUT2D eigenvalue weighted by Crippen LogP contribution is -2.02. The Hall–Kier alpha value is -1.57. The molecule has 0 amide bonds. The molecule has 0 saturated carbocycles. The number of benzene rings is 1. The predicted molar refractivity (Wildman–Crippen MR) is 64.9 cm³/mol. The summed E-state index contributed by atoms with van der Waals surface area (Å²) < 4.78 is 2.26. The van der Waals surface area contributed by atoms with Crippen molar-refractivity contribution in [2.75, 3.05) is 0 Å². The number of aromatic nitrogens is 2. The van der Waals surface area contributed by atoms with Crippen LogP contribution in [-0.2, 0) is 0 Å². The number of carboxylic acid groups (broad SMARTS) is 1. The van der Waals surface area contributed by atoms with Crippen molar-refractivity contribution in [1.29, 1.82) is 0 Å². The fourth-order valence-electron chi connectivity index (χ4n) is 1.28. The molecule has 0 aliphatic rings. The number of hydrogen-bond donors (Lipinski definition) is 2. The first kappa shape index (κ1) is 10.9. The van der Waals surface area contributed by atoms with E-state index in [1.165, 1.54) is 10.9 Å². The van der Waals surface area contributed by atoms with E-state index in [0.717, 1.165) is 9.26 Å². The fraction of sp³-hybridized carbons (Fsp3) is 0. The summed E-state index contributed by atoms with van der Waals surface area (Å²) in [4.78, 5) is 10.7. The van der Waals surface area contributed by atoms with E-state index in [2.05, 4.69) is 27.7 Å². The van der Waals surface area contributed by atoms with Crippen molar-refractivity contribution in [2.45, 2.75) is 0 Å². The van der Waals surface area contributed by atoms with Gasteiger partial charge in [-0.15, -0.1) is 0 Å².